The number of aldehydes is 1. The molecule has 15 heavy (non-hydrogen) atoms. The van der Waals surface area contributed by atoms with Crippen molar-refractivity contribution in [2.45, 2.75) is 19.9 Å². The zero-order valence-electron chi connectivity index (χ0n) is 8.70. The third kappa shape index (κ3) is 1.61. The molecular weight excluding hydrogens is 254 g/mol. The maximum absolute atomic E-state index is 10.9. The van der Waals surface area contributed by atoms with Crippen molar-refractivity contribution in [2.24, 2.45) is 0 Å². The number of halogens is 1. The standard InChI is InChI=1S/C12H12BrNO/c1-8(2)14-6-9(7-15)10-4-3-5-11(13)12(10)14/h3-8H,1-2H3. The van der Waals surface area contributed by atoms with Crippen molar-refractivity contribution >= 4 is 33.1 Å². The number of carbonyl (C=O) groups is 1. The highest BCUT2D eigenvalue weighted by Crippen LogP contribution is 2.29. The lowest BCUT2D eigenvalue weighted by molar-refractivity contribution is 0.112. The van der Waals surface area contributed by atoms with Crippen molar-refractivity contribution < 1.29 is 4.79 Å². The van der Waals surface area contributed by atoms with Crippen molar-refractivity contribution in [3.63, 3.8) is 0 Å². The van der Waals surface area contributed by atoms with Crippen molar-refractivity contribution in [3.05, 3.63) is 34.4 Å². The quantitative estimate of drug-likeness (QED) is 0.758. The van der Waals surface area contributed by atoms with Crippen LogP contribution in [0.5, 0.6) is 0 Å². The second-order valence-corrected chi connectivity index (χ2v) is 4.69. The Labute approximate surface area is 97.0 Å². The fraction of sp³-hybridized carbons (Fsp3) is 0.250. The highest BCUT2D eigenvalue weighted by Gasteiger charge is 2.11. The Balaban J connectivity index is 2.87. The molecule has 0 aliphatic carbocycles. The minimum atomic E-state index is 0.347. The Morgan fingerprint density at radius 3 is 2.73 bits per heavy atom. The van der Waals surface area contributed by atoms with Crippen LogP contribution in [0.2, 0.25) is 0 Å². The molecule has 1 heterocycles. The number of hydrogen-bond donors (Lipinski definition) is 0. The molecule has 0 N–H and O–H groups in total. The molecule has 2 aromatic rings. The van der Waals surface area contributed by atoms with Crippen LogP contribution in [0.4, 0.5) is 0 Å². The normalized spacial score (nSPS) is 11.2. The molecule has 0 atom stereocenters. The average Bonchev–Trinajstić information content (AvgIpc) is 2.58. The largest absolute Gasteiger partial charge is 0.343 e. The van der Waals surface area contributed by atoms with E-state index < -0.39 is 0 Å². The van der Waals surface area contributed by atoms with Gasteiger partial charge in [0.25, 0.3) is 0 Å². The van der Waals surface area contributed by atoms with Gasteiger partial charge in [0.1, 0.15) is 0 Å². The highest BCUT2D eigenvalue weighted by molar-refractivity contribution is 9.10. The van der Waals surface area contributed by atoms with Gasteiger partial charge in [-0.05, 0) is 35.8 Å². The minimum absolute atomic E-state index is 0.347. The first-order valence-corrected chi connectivity index (χ1v) is 5.68. The topological polar surface area (TPSA) is 22.0 Å². The molecule has 1 aromatic heterocycles. The smallest absolute Gasteiger partial charge is 0.152 e. The summed E-state index contributed by atoms with van der Waals surface area (Å²) >= 11 is 3.52. The van der Waals surface area contributed by atoms with Gasteiger partial charge in [-0.25, -0.2) is 0 Å². The summed E-state index contributed by atoms with van der Waals surface area (Å²) in [5.74, 6) is 0. The molecule has 0 aliphatic rings. The third-order valence-electron chi connectivity index (χ3n) is 2.52. The third-order valence-corrected chi connectivity index (χ3v) is 3.16. The number of para-hydroxylation sites is 1. The number of nitrogens with zero attached hydrogens (tertiary/aromatic N) is 1. The molecule has 0 bridgehead atoms. The summed E-state index contributed by atoms with van der Waals surface area (Å²) in [5.41, 5.74) is 1.84. The van der Waals surface area contributed by atoms with E-state index in [1.165, 1.54) is 0 Å². The molecule has 1 aromatic carbocycles. The fourth-order valence-corrected chi connectivity index (χ4v) is 2.37. The maximum Gasteiger partial charge on any atom is 0.152 e. The Kier molecular flexibility index (Phi) is 2.65. The summed E-state index contributed by atoms with van der Waals surface area (Å²) in [7, 11) is 0. The molecule has 0 saturated carbocycles. The van der Waals surface area contributed by atoms with Crippen molar-refractivity contribution in [1.29, 1.82) is 0 Å². The van der Waals surface area contributed by atoms with Crippen molar-refractivity contribution in [1.82, 2.24) is 4.57 Å². The molecule has 0 spiro atoms. The summed E-state index contributed by atoms with van der Waals surface area (Å²) < 4.78 is 3.14. The number of benzene rings is 1. The number of hydrogen-bond acceptors (Lipinski definition) is 1. The zero-order chi connectivity index (χ0) is 11.0. The van der Waals surface area contributed by atoms with Gasteiger partial charge in [-0.15, -0.1) is 0 Å². The SMILES string of the molecule is CC(C)n1cc(C=O)c2cccc(Br)c21. The van der Waals surface area contributed by atoms with Gasteiger partial charge in [0, 0.05) is 27.7 Å². The van der Waals surface area contributed by atoms with E-state index in [-0.39, 0.29) is 0 Å². The molecule has 2 rings (SSSR count). The summed E-state index contributed by atoms with van der Waals surface area (Å²) in [6.07, 6.45) is 2.82. The lowest BCUT2D eigenvalue weighted by atomic mass is 10.2. The molecule has 3 heteroatoms. The fourth-order valence-electron chi connectivity index (χ4n) is 1.80. The Hall–Kier alpha value is -1.09. The van der Waals surface area contributed by atoms with E-state index in [9.17, 15) is 4.79 Å². The van der Waals surface area contributed by atoms with E-state index >= 15 is 0 Å². The molecule has 78 valence electrons. The lowest BCUT2D eigenvalue weighted by Crippen LogP contribution is -1.98. The van der Waals surface area contributed by atoms with Gasteiger partial charge in [0.15, 0.2) is 6.29 Å². The monoisotopic (exact) mass is 265 g/mol. The first-order valence-electron chi connectivity index (χ1n) is 4.89. The molecule has 0 saturated heterocycles. The van der Waals surface area contributed by atoms with Crippen LogP contribution < -0.4 is 0 Å². The van der Waals surface area contributed by atoms with E-state index in [4.69, 9.17) is 0 Å². The first-order chi connectivity index (χ1) is 7.15. The molecule has 0 unspecified atom stereocenters. The van der Waals surface area contributed by atoms with Gasteiger partial charge in [0.2, 0.25) is 0 Å². The molecule has 0 fully saturated rings. The molecule has 0 radical (unpaired) electrons. The van der Waals surface area contributed by atoms with Crippen LogP contribution in [0, 0.1) is 0 Å². The predicted octanol–water partition coefficient (Wildman–Crippen LogP) is 3.80. The second kappa shape index (κ2) is 3.81. The average molecular weight is 266 g/mol. The zero-order valence-corrected chi connectivity index (χ0v) is 10.3. The van der Waals surface area contributed by atoms with E-state index in [1.807, 2.05) is 24.4 Å². The van der Waals surface area contributed by atoms with Crippen LogP contribution in [0.15, 0.2) is 28.9 Å². The van der Waals surface area contributed by atoms with Gasteiger partial charge >= 0.3 is 0 Å². The second-order valence-electron chi connectivity index (χ2n) is 3.84. The predicted molar refractivity (Wildman–Crippen MR) is 65.4 cm³/mol. The van der Waals surface area contributed by atoms with Gasteiger partial charge in [-0.3, -0.25) is 4.79 Å². The van der Waals surface area contributed by atoms with Crippen LogP contribution in [-0.2, 0) is 0 Å². The Morgan fingerprint density at radius 1 is 1.40 bits per heavy atom. The van der Waals surface area contributed by atoms with Crippen molar-refractivity contribution in [3.8, 4) is 0 Å². The van der Waals surface area contributed by atoms with E-state index in [1.54, 1.807) is 0 Å². The number of fused-ring (bicyclic) bond motifs is 1. The summed E-state index contributed by atoms with van der Waals surface area (Å²) in [6, 6.07) is 6.27. The molecule has 0 amide bonds. The van der Waals surface area contributed by atoms with Gasteiger partial charge in [-0.1, -0.05) is 12.1 Å². The van der Waals surface area contributed by atoms with Crippen LogP contribution in [0.1, 0.15) is 30.2 Å². The van der Waals surface area contributed by atoms with Crippen LogP contribution in [-0.4, -0.2) is 10.9 Å². The van der Waals surface area contributed by atoms with E-state index in [0.29, 0.717) is 6.04 Å². The summed E-state index contributed by atoms with van der Waals surface area (Å²) in [6.45, 7) is 4.21. The minimum Gasteiger partial charge on any atom is -0.343 e. The first kappa shape index (κ1) is 10.4. The Bertz CT molecular complexity index is 514. The van der Waals surface area contributed by atoms with Crippen LogP contribution >= 0.6 is 15.9 Å². The molecule has 2 nitrogen and oxygen atoms in total. The van der Waals surface area contributed by atoms with Crippen LogP contribution in [0.25, 0.3) is 10.9 Å². The number of rotatable bonds is 2. The van der Waals surface area contributed by atoms with E-state index in [0.717, 1.165) is 27.2 Å². The van der Waals surface area contributed by atoms with Crippen LogP contribution in [0.3, 0.4) is 0 Å². The van der Waals surface area contributed by atoms with E-state index in [2.05, 4.69) is 34.3 Å². The van der Waals surface area contributed by atoms with Gasteiger partial charge in [-0.2, -0.15) is 0 Å². The molecule has 0 aliphatic heterocycles. The van der Waals surface area contributed by atoms with Crippen molar-refractivity contribution in [2.75, 3.05) is 0 Å². The lowest BCUT2D eigenvalue weighted by Gasteiger charge is -2.09. The highest BCUT2D eigenvalue weighted by atomic mass is 79.9. The number of carbonyl (C=O) groups excluding carboxylic acids is 1. The number of aromatic nitrogens is 1. The summed E-state index contributed by atoms with van der Waals surface area (Å²) in [5, 5.41) is 1.01. The Morgan fingerprint density at radius 2 is 2.13 bits per heavy atom. The van der Waals surface area contributed by atoms with Gasteiger partial charge in [0.05, 0.1) is 5.52 Å². The maximum atomic E-state index is 10.9. The molecular formula is C12H12BrNO. The summed E-state index contributed by atoms with van der Waals surface area (Å²) in [4.78, 5) is 10.9. The van der Waals surface area contributed by atoms with Gasteiger partial charge < -0.3 is 4.57 Å².